The quantitative estimate of drug-likeness (QED) is 0.819. The van der Waals surface area contributed by atoms with Gasteiger partial charge in [-0.3, -0.25) is 4.79 Å². The molecule has 1 saturated heterocycles. The van der Waals surface area contributed by atoms with Crippen LogP contribution in [0.3, 0.4) is 0 Å². The standard InChI is InChI=1S/C19H24N2O3S2/c1-2-17(15-7-4-3-5-8-15)20-19(22)16-10-12-21(13-11-16)26(23,24)18-9-6-14-25-18/h3-9,14,16-17H,2,10-13H2,1H3,(H,20,22)/t17-/m0/s1. The summed E-state index contributed by atoms with van der Waals surface area (Å²) in [6.07, 6.45) is 1.94. The summed E-state index contributed by atoms with van der Waals surface area (Å²) in [5, 5.41) is 4.89. The molecule has 1 fully saturated rings. The molecule has 1 aliphatic heterocycles. The fourth-order valence-electron chi connectivity index (χ4n) is 3.29. The van der Waals surface area contributed by atoms with Crippen LogP contribution in [-0.2, 0) is 14.8 Å². The third kappa shape index (κ3) is 4.16. The van der Waals surface area contributed by atoms with Gasteiger partial charge in [0.1, 0.15) is 4.21 Å². The first kappa shape index (κ1) is 19.1. The molecular weight excluding hydrogens is 368 g/mol. The Morgan fingerprint density at radius 1 is 1.19 bits per heavy atom. The highest BCUT2D eigenvalue weighted by Crippen LogP contribution is 2.27. The SMILES string of the molecule is CC[C@H](NC(=O)C1CCN(S(=O)(=O)c2cccs2)CC1)c1ccccc1. The Morgan fingerprint density at radius 2 is 1.88 bits per heavy atom. The summed E-state index contributed by atoms with van der Waals surface area (Å²) in [6, 6.07) is 13.3. The Bertz CT molecular complexity index is 812. The van der Waals surface area contributed by atoms with Gasteiger partial charge in [-0.2, -0.15) is 4.31 Å². The number of rotatable bonds is 6. The summed E-state index contributed by atoms with van der Waals surface area (Å²) in [5.41, 5.74) is 1.10. The largest absolute Gasteiger partial charge is 0.349 e. The molecule has 5 nitrogen and oxygen atoms in total. The molecule has 1 aromatic heterocycles. The monoisotopic (exact) mass is 392 g/mol. The Hall–Kier alpha value is -1.70. The van der Waals surface area contributed by atoms with Gasteiger partial charge < -0.3 is 5.32 Å². The number of sulfonamides is 1. The van der Waals surface area contributed by atoms with Gasteiger partial charge in [0, 0.05) is 19.0 Å². The lowest BCUT2D eigenvalue weighted by atomic mass is 9.96. The third-order valence-electron chi connectivity index (χ3n) is 4.84. The molecule has 7 heteroatoms. The van der Waals surface area contributed by atoms with Crippen LogP contribution in [-0.4, -0.2) is 31.7 Å². The van der Waals surface area contributed by atoms with E-state index in [1.54, 1.807) is 17.5 Å². The number of amides is 1. The molecule has 140 valence electrons. The van der Waals surface area contributed by atoms with E-state index in [9.17, 15) is 13.2 Å². The Balaban J connectivity index is 1.58. The highest BCUT2D eigenvalue weighted by molar-refractivity contribution is 7.91. The van der Waals surface area contributed by atoms with Crippen molar-refractivity contribution in [2.75, 3.05) is 13.1 Å². The average Bonchev–Trinajstić information content (AvgIpc) is 3.22. The zero-order valence-electron chi connectivity index (χ0n) is 14.8. The van der Waals surface area contributed by atoms with E-state index in [1.807, 2.05) is 37.3 Å². The third-order valence-corrected chi connectivity index (χ3v) is 8.11. The van der Waals surface area contributed by atoms with Crippen LogP contribution < -0.4 is 5.32 Å². The van der Waals surface area contributed by atoms with E-state index in [-0.39, 0.29) is 17.9 Å². The molecule has 0 spiro atoms. The summed E-state index contributed by atoms with van der Waals surface area (Å²) in [4.78, 5) is 12.6. The first-order valence-corrected chi connectivity index (χ1v) is 11.2. The minimum absolute atomic E-state index is 0.00317. The number of carbonyl (C=O) groups excluding carboxylic acids is 1. The van der Waals surface area contributed by atoms with E-state index in [4.69, 9.17) is 0 Å². The lowest BCUT2D eigenvalue weighted by molar-refractivity contribution is -0.126. The summed E-state index contributed by atoms with van der Waals surface area (Å²) in [5.74, 6) is -0.114. The topological polar surface area (TPSA) is 66.5 Å². The molecule has 0 radical (unpaired) electrons. The number of hydrogen-bond acceptors (Lipinski definition) is 4. The second-order valence-corrected chi connectivity index (χ2v) is 9.60. The van der Waals surface area contributed by atoms with Gasteiger partial charge in [-0.05, 0) is 36.3 Å². The van der Waals surface area contributed by atoms with E-state index < -0.39 is 10.0 Å². The van der Waals surface area contributed by atoms with Crippen LogP contribution in [0.2, 0.25) is 0 Å². The second-order valence-electron chi connectivity index (χ2n) is 6.49. The molecule has 0 bridgehead atoms. The maximum atomic E-state index is 12.6. The Labute approximate surface area is 159 Å². The molecule has 0 saturated carbocycles. The molecule has 3 rings (SSSR count). The zero-order valence-corrected chi connectivity index (χ0v) is 16.4. The number of nitrogens with one attached hydrogen (secondary N) is 1. The van der Waals surface area contributed by atoms with Crippen LogP contribution in [0.25, 0.3) is 0 Å². The highest BCUT2D eigenvalue weighted by atomic mass is 32.2. The van der Waals surface area contributed by atoms with Gasteiger partial charge in [0.05, 0.1) is 6.04 Å². The van der Waals surface area contributed by atoms with Gasteiger partial charge in [-0.25, -0.2) is 8.42 Å². The van der Waals surface area contributed by atoms with Crippen molar-refractivity contribution >= 4 is 27.3 Å². The average molecular weight is 393 g/mol. The molecule has 1 aliphatic rings. The molecule has 1 amide bonds. The molecule has 2 aromatic rings. The maximum absolute atomic E-state index is 12.6. The van der Waals surface area contributed by atoms with Crippen molar-refractivity contribution in [3.8, 4) is 0 Å². The van der Waals surface area contributed by atoms with Crippen molar-refractivity contribution in [3.63, 3.8) is 0 Å². The van der Waals surface area contributed by atoms with Crippen LogP contribution in [0.5, 0.6) is 0 Å². The van der Waals surface area contributed by atoms with Crippen LogP contribution in [0, 0.1) is 5.92 Å². The molecular formula is C19H24N2O3S2. The molecule has 1 aromatic carbocycles. The molecule has 2 heterocycles. The predicted molar refractivity (Wildman–Crippen MR) is 103 cm³/mol. The normalized spacial score (nSPS) is 17.7. The number of nitrogens with zero attached hydrogens (tertiary/aromatic N) is 1. The number of piperidine rings is 1. The summed E-state index contributed by atoms with van der Waals surface area (Å²) in [7, 11) is -3.42. The number of carbonyl (C=O) groups is 1. The van der Waals surface area contributed by atoms with Gasteiger partial charge in [0.2, 0.25) is 5.91 Å². The smallest absolute Gasteiger partial charge is 0.252 e. The number of benzene rings is 1. The first-order chi connectivity index (χ1) is 12.5. The molecule has 0 aliphatic carbocycles. The Morgan fingerprint density at radius 3 is 2.46 bits per heavy atom. The fraction of sp³-hybridized carbons (Fsp3) is 0.421. The van der Waals surface area contributed by atoms with Gasteiger partial charge in [0.25, 0.3) is 10.0 Å². The molecule has 26 heavy (non-hydrogen) atoms. The Kier molecular flexibility index (Phi) is 6.11. The van der Waals surface area contributed by atoms with E-state index in [1.165, 1.54) is 15.6 Å². The summed E-state index contributed by atoms with van der Waals surface area (Å²) < 4.78 is 27.0. The highest BCUT2D eigenvalue weighted by Gasteiger charge is 2.33. The molecule has 1 atom stereocenters. The van der Waals surface area contributed by atoms with Crippen molar-refractivity contribution < 1.29 is 13.2 Å². The minimum Gasteiger partial charge on any atom is -0.349 e. The lowest BCUT2D eigenvalue weighted by Crippen LogP contribution is -2.43. The lowest BCUT2D eigenvalue weighted by Gasteiger charge is -2.31. The maximum Gasteiger partial charge on any atom is 0.252 e. The second kappa shape index (κ2) is 8.33. The van der Waals surface area contributed by atoms with Crippen molar-refractivity contribution in [1.82, 2.24) is 9.62 Å². The van der Waals surface area contributed by atoms with Gasteiger partial charge in [-0.15, -0.1) is 11.3 Å². The zero-order chi connectivity index (χ0) is 18.6. The first-order valence-electron chi connectivity index (χ1n) is 8.91. The van der Waals surface area contributed by atoms with E-state index in [0.29, 0.717) is 30.1 Å². The van der Waals surface area contributed by atoms with Crippen LogP contribution in [0.15, 0.2) is 52.1 Å². The number of thiophene rings is 1. The predicted octanol–water partition coefficient (Wildman–Crippen LogP) is 3.42. The van der Waals surface area contributed by atoms with E-state index in [0.717, 1.165) is 12.0 Å². The summed E-state index contributed by atoms with van der Waals surface area (Å²) >= 11 is 1.23. The van der Waals surface area contributed by atoms with E-state index in [2.05, 4.69) is 5.32 Å². The van der Waals surface area contributed by atoms with E-state index >= 15 is 0 Å². The fourth-order valence-corrected chi connectivity index (χ4v) is 5.91. The van der Waals surface area contributed by atoms with Crippen LogP contribution >= 0.6 is 11.3 Å². The minimum atomic E-state index is -3.42. The van der Waals surface area contributed by atoms with Crippen molar-refractivity contribution in [3.05, 3.63) is 53.4 Å². The van der Waals surface area contributed by atoms with Crippen LogP contribution in [0.1, 0.15) is 37.8 Å². The van der Waals surface area contributed by atoms with Crippen molar-refractivity contribution in [1.29, 1.82) is 0 Å². The molecule has 0 unspecified atom stereocenters. The van der Waals surface area contributed by atoms with Crippen LogP contribution in [0.4, 0.5) is 0 Å². The summed E-state index contributed by atoms with van der Waals surface area (Å²) in [6.45, 7) is 2.83. The molecule has 1 N–H and O–H groups in total. The van der Waals surface area contributed by atoms with Crippen molar-refractivity contribution in [2.45, 2.75) is 36.4 Å². The van der Waals surface area contributed by atoms with Gasteiger partial charge in [-0.1, -0.05) is 43.3 Å². The van der Waals surface area contributed by atoms with Gasteiger partial charge >= 0.3 is 0 Å². The van der Waals surface area contributed by atoms with Gasteiger partial charge in [0.15, 0.2) is 0 Å². The number of hydrogen-bond donors (Lipinski definition) is 1. The van der Waals surface area contributed by atoms with Crippen molar-refractivity contribution in [2.24, 2.45) is 5.92 Å².